The van der Waals surface area contributed by atoms with Gasteiger partial charge < -0.3 is 14.6 Å². The Bertz CT molecular complexity index is 914. The zero-order chi connectivity index (χ0) is 21.4. The number of hydrogen-bond donors (Lipinski definition) is 1. The molecular formula is C20H19F4NO4. The molecule has 1 aromatic heterocycles. The summed E-state index contributed by atoms with van der Waals surface area (Å²) in [6, 6.07) is 6.17. The highest BCUT2D eigenvalue weighted by Gasteiger charge is 2.46. The molecule has 0 spiro atoms. The van der Waals surface area contributed by atoms with Crippen LogP contribution in [0.1, 0.15) is 37.6 Å². The Morgan fingerprint density at radius 3 is 2.55 bits per heavy atom. The van der Waals surface area contributed by atoms with Gasteiger partial charge in [0, 0.05) is 18.1 Å². The Labute approximate surface area is 164 Å². The molecule has 29 heavy (non-hydrogen) atoms. The minimum Gasteiger partial charge on any atom is -0.490 e. The number of fused-ring (bicyclic) bond motifs is 1. The Morgan fingerprint density at radius 2 is 2.00 bits per heavy atom. The lowest BCUT2D eigenvalue weighted by Crippen LogP contribution is -2.34. The first-order valence-corrected chi connectivity index (χ1v) is 8.89. The summed E-state index contributed by atoms with van der Waals surface area (Å²) >= 11 is 0. The number of carbonyl (C=O) groups excluding carboxylic acids is 1. The summed E-state index contributed by atoms with van der Waals surface area (Å²) < 4.78 is 63.7. The van der Waals surface area contributed by atoms with E-state index in [0.29, 0.717) is 17.5 Å². The van der Waals surface area contributed by atoms with Gasteiger partial charge in [-0.1, -0.05) is 6.92 Å². The standard InChI is InChI=1S/C20H19F4NO4/c1-3-19(9-28-11(2)26)10-29-17-14(19)8-15(18(27)20(22,23)24)25-16(17)12-4-6-13(21)7-5-12/h4-8,18,27H,3,9-10H2,1-2H3. The van der Waals surface area contributed by atoms with Crippen LogP contribution < -0.4 is 4.74 Å². The third kappa shape index (κ3) is 4.05. The maximum Gasteiger partial charge on any atom is 0.420 e. The maximum atomic E-state index is 13.3. The number of aliphatic hydroxyl groups excluding tert-OH is 1. The van der Waals surface area contributed by atoms with E-state index in [1.165, 1.54) is 19.1 Å². The van der Waals surface area contributed by atoms with Crippen LogP contribution in [0.15, 0.2) is 30.3 Å². The predicted molar refractivity (Wildman–Crippen MR) is 94.7 cm³/mol. The van der Waals surface area contributed by atoms with Gasteiger partial charge in [0.15, 0.2) is 6.10 Å². The Morgan fingerprint density at radius 1 is 1.34 bits per heavy atom. The molecule has 1 aliphatic heterocycles. The number of pyridine rings is 1. The molecule has 2 aromatic rings. The summed E-state index contributed by atoms with van der Waals surface area (Å²) in [5.41, 5.74) is -0.758. The minimum atomic E-state index is -4.93. The Balaban J connectivity index is 2.20. The van der Waals surface area contributed by atoms with Crippen molar-refractivity contribution in [3.63, 3.8) is 0 Å². The van der Waals surface area contributed by atoms with Crippen molar-refractivity contribution in [3.05, 3.63) is 47.4 Å². The number of rotatable bonds is 5. The number of ether oxygens (including phenoxy) is 2. The van der Waals surface area contributed by atoms with Crippen LogP contribution in [0, 0.1) is 5.82 Å². The first-order valence-electron chi connectivity index (χ1n) is 8.89. The molecule has 3 rings (SSSR count). The SMILES string of the molecule is CCC1(COC(C)=O)COc2c1cc(C(O)C(F)(F)F)nc2-c1ccc(F)cc1. The van der Waals surface area contributed by atoms with Crippen LogP contribution in [0.4, 0.5) is 17.6 Å². The van der Waals surface area contributed by atoms with E-state index in [0.717, 1.165) is 18.2 Å². The minimum absolute atomic E-state index is 0.0546. The Kier molecular flexibility index (Phi) is 5.53. The van der Waals surface area contributed by atoms with Gasteiger partial charge in [-0.2, -0.15) is 13.2 Å². The van der Waals surface area contributed by atoms with Gasteiger partial charge in [-0.05, 0) is 36.8 Å². The molecule has 156 valence electrons. The second kappa shape index (κ2) is 7.62. The van der Waals surface area contributed by atoms with Crippen LogP contribution in [0.3, 0.4) is 0 Å². The quantitative estimate of drug-likeness (QED) is 0.591. The lowest BCUT2D eigenvalue weighted by Gasteiger charge is -2.26. The van der Waals surface area contributed by atoms with Crippen molar-refractivity contribution in [1.29, 1.82) is 0 Å². The molecule has 9 heteroatoms. The van der Waals surface area contributed by atoms with E-state index < -0.39 is 35.2 Å². The second-order valence-corrected chi connectivity index (χ2v) is 6.93. The van der Waals surface area contributed by atoms with Crippen molar-refractivity contribution < 1.29 is 36.9 Å². The molecule has 5 nitrogen and oxygen atoms in total. The first kappa shape index (κ1) is 21.0. The van der Waals surface area contributed by atoms with Crippen LogP contribution >= 0.6 is 0 Å². The number of carbonyl (C=O) groups is 1. The van der Waals surface area contributed by atoms with Crippen LogP contribution in [-0.4, -0.2) is 35.4 Å². The second-order valence-electron chi connectivity index (χ2n) is 6.93. The molecule has 2 heterocycles. The molecule has 2 unspecified atom stereocenters. The van der Waals surface area contributed by atoms with E-state index in [1.54, 1.807) is 6.92 Å². The highest BCUT2D eigenvalue weighted by Crippen LogP contribution is 2.47. The average molecular weight is 413 g/mol. The monoisotopic (exact) mass is 413 g/mol. The molecule has 1 aromatic carbocycles. The normalized spacial score (nSPS) is 19.4. The fourth-order valence-corrected chi connectivity index (χ4v) is 3.25. The number of aromatic nitrogens is 1. The summed E-state index contributed by atoms with van der Waals surface area (Å²) in [5.74, 6) is -0.825. The van der Waals surface area contributed by atoms with Crippen molar-refractivity contribution >= 4 is 5.97 Å². The van der Waals surface area contributed by atoms with Crippen molar-refractivity contribution in [3.8, 4) is 17.0 Å². The number of esters is 1. The molecule has 0 saturated heterocycles. The molecule has 1 aliphatic rings. The zero-order valence-corrected chi connectivity index (χ0v) is 15.7. The molecule has 0 aliphatic carbocycles. The molecule has 1 N–H and O–H groups in total. The number of hydrogen-bond acceptors (Lipinski definition) is 5. The van der Waals surface area contributed by atoms with Gasteiger partial charge in [-0.3, -0.25) is 4.79 Å². The highest BCUT2D eigenvalue weighted by molar-refractivity contribution is 5.71. The number of alkyl halides is 3. The number of nitrogens with zero attached hydrogens (tertiary/aromatic N) is 1. The van der Waals surface area contributed by atoms with Crippen LogP contribution in [0.5, 0.6) is 5.75 Å². The highest BCUT2D eigenvalue weighted by atomic mass is 19.4. The van der Waals surface area contributed by atoms with Crippen molar-refractivity contribution in [2.45, 2.75) is 38.0 Å². The van der Waals surface area contributed by atoms with E-state index in [1.807, 2.05) is 0 Å². The number of benzene rings is 1. The van der Waals surface area contributed by atoms with Gasteiger partial charge in [0.25, 0.3) is 0 Å². The van der Waals surface area contributed by atoms with Crippen molar-refractivity contribution in [2.75, 3.05) is 13.2 Å². The summed E-state index contributed by atoms with van der Waals surface area (Å²) in [6.07, 6.45) is -7.33. The zero-order valence-electron chi connectivity index (χ0n) is 15.7. The average Bonchev–Trinajstić information content (AvgIpc) is 3.04. The van der Waals surface area contributed by atoms with Crippen LogP contribution in [0.2, 0.25) is 0 Å². The fraction of sp³-hybridized carbons (Fsp3) is 0.400. The van der Waals surface area contributed by atoms with E-state index in [2.05, 4.69) is 4.98 Å². The molecule has 0 fully saturated rings. The largest absolute Gasteiger partial charge is 0.490 e. The smallest absolute Gasteiger partial charge is 0.420 e. The number of halogens is 4. The van der Waals surface area contributed by atoms with Crippen molar-refractivity contribution in [1.82, 2.24) is 4.98 Å². The predicted octanol–water partition coefficient (Wildman–Crippen LogP) is 4.09. The van der Waals surface area contributed by atoms with Gasteiger partial charge in [0.1, 0.15) is 30.5 Å². The lowest BCUT2D eigenvalue weighted by atomic mass is 9.80. The van der Waals surface area contributed by atoms with Gasteiger partial charge >= 0.3 is 12.1 Å². The maximum absolute atomic E-state index is 13.3. The third-order valence-corrected chi connectivity index (χ3v) is 4.99. The molecule has 0 bridgehead atoms. The summed E-state index contributed by atoms with van der Waals surface area (Å²) in [7, 11) is 0. The summed E-state index contributed by atoms with van der Waals surface area (Å²) in [5, 5.41) is 9.79. The molecule has 0 saturated carbocycles. The van der Waals surface area contributed by atoms with E-state index in [-0.39, 0.29) is 24.7 Å². The topological polar surface area (TPSA) is 68.7 Å². The lowest BCUT2D eigenvalue weighted by molar-refractivity contribution is -0.207. The molecule has 0 amide bonds. The van der Waals surface area contributed by atoms with E-state index in [4.69, 9.17) is 9.47 Å². The van der Waals surface area contributed by atoms with Crippen LogP contribution in [-0.2, 0) is 14.9 Å². The molecule has 0 radical (unpaired) electrons. The summed E-state index contributed by atoms with van der Waals surface area (Å²) in [6.45, 7) is 2.99. The first-order chi connectivity index (χ1) is 13.6. The van der Waals surface area contributed by atoms with Crippen molar-refractivity contribution in [2.24, 2.45) is 0 Å². The van der Waals surface area contributed by atoms with Gasteiger partial charge in [0.2, 0.25) is 0 Å². The van der Waals surface area contributed by atoms with Gasteiger partial charge in [-0.25, -0.2) is 9.37 Å². The fourth-order valence-electron chi connectivity index (χ4n) is 3.25. The van der Waals surface area contributed by atoms with E-state index >= 15 is 0 Å². The van der Waals surface area contributed by atoms with E-state index in [9.17, 15) is 27.5 Å². The number of aliphatic hydroxyl groups is 1. The molecule has 2 atom stereocenters. The third-order valence-electron chi connectivity index (χ3n) is 4.99. The van der Waals surface area contributed by atoms with Crippen LogP contribution in [0.25, 0.3) is 11.3 Å². The Hall–Kier alpha value is -2.68. The summed E-state index contributed by atoms with van der Waals surface area (Å²) in [4.78, 5) is 15.3. The molecular weight excluding hydrogens is 394 g/mol. The van der Waals surface area contributed by atoms with Gasteiger partial charge in [-0.15, -0.1) is 0 Å². The van der Waals surface area contributed by atoms with Gasteiger partial charge in [0.05, 0.1) is 11.1 Å².